The Balaban J connectivity index is 1.97. The van der Waals surface area contributed by atoms with Gasteiger partial charge in [0.05, 0.1) is 24.1 Å². The number of hydrogen-bond donors (Lipinski definition) is 1. The molecule has 0 saturated heterocycles. The molecule has 0 amide bonds. The number of halogens is 3. The van der Waals surface area contributed by atoms with E-state index >= 15 is 0 Å². The van der Waals surface area contributed by atoms with E-state index in [4.69, 9.17) is 4.74 Å². The minimum Gasteiger partial charge on any atom is -0.461 e. The summed E-state index contributed by atoms with van der Waals surface area (Å²) in [6.45, 7) is 3.73. The van der Waals surface area contributed by atoms with Gasteiger partial charge in [0, 0.05) is 5.56 Å². The van der Waals surface area contributed by atoms with Gasteiger partial charge in [0.2, 0.25) is 0 Å². The second-order valence-corrected chi connectivity index (χ2v) is 5.23. The van der Waals surface area contributed by atoms with E-state index in [2.05, 4.69) is 10.1 Å². The van der Waals surface area contributed by atoms with Gasteiger partial charge in [-0.2, -0.15) is 13.2 Å². The van der Waals surface area contributed by atoms with Crippen LogP contribution in [0.4, 0.5) is 13.2 Å². The van der Waals surface area contributed by atoms with Crippen LogP contribution in [0.3, 0.4) is 0 Å². The molecule has 2 heterocycles. The number of aromatic amines is 1. The first kappa shape index (κ1) is 16.1. The lowest BCUT2D eigenvalue weighted by molar-refractivity contribution is -0.137. The second-order valence-electron chi connectivity index (χ2n) is 5.23. The molecule has 0 aliphatic rings. The number of hydrogen-bond acceptors (Lipinski definition) is 3. The fourth-order valence-corrected chi connectivity index (χ4v) is 2.46. The fourth-order valence-electron chi connectivity index (χ4n) is 2.46. The van der Waals surface area contributed by atoms with Crippen molar-refractivity contribution in [3.63, 3.8) is 0 Å². The molecule has 0 saturated carbocycles. The zero-order valence-electron chi connectivity index (χ0n) is 12.9. The molecule has 0 bridgehead atoms. The van der Waals surface area contributed by atoms with Gasteiger partial charge in [-0.25, -0.2) is 14.3 Å². The summed E-state index contributed by atoms with van der Waals surface area (Å²) in [5.74, 6) is -0.523. The van der Waals surface area contributed by atoms with Gasteiger partial charge in [0.15, 0.2) is 11.3 Å². The number of carbonyl (C=O) groups excluding carboxylic acids is 1. The Morgan fingerprint density at radius 1 is 1.29 bits per heavy atom. The number of alkyl halides is 3. The quantitative estimate of drug-likeness (QED) is 0.739. The zero-order chi connectivity index (χ0) is 17.5. The summed E-state index contributed by atoms with van der Waals surface area (Å²) < 4.78 is 44.4. The van der Waals surface area contributed by atoms with Crippen LogP contribution in [0.15, 0.2) is 30.5 Å². The minimum absolute atomic E-state index is 0.171. The molecule has 0 atom stereocenters. The lowest BCUT2D eigenvalue weighted by atomic mass is 10.1. The highest BCUT2D eigenvalue weighted by Crippen LogP contribution is 2.32. The number of carbonyl (C=O) groups is 1. The first-order valence-corrected chi connectivity index (χ1v) is 7.23. The average molecular weight is 337 g/mol. The SMILES string of the molecule is CCOC(=O)c1cn2[nH]c(-c3ccc(C(F)(F)F)cc3)c(C)c2n1. The first-order valence-electron chi connectivity index (χ1n) is 7.23. The molecular formula is C16H14F3N3O2. The number of imidazole rings is 1. The van der Waals surface area contributed by atoms with Crippen molar-refractivity contribution in [2.75, 3.05) is 6.61 Å². The fraction of sp³-hybridized carbons (Fsp3) is 0.250. The smallest absolute Gasteiger partial charge is 0.416 e. The molecule has 3 rings (SSSR count). The summed E-state index contributed by atoms with van der Waals surface area (Å²) in [6.07, 6.45) is -2.87. The van der Waals surface area contributed by atoms with E-state index < -0.39 is 17.7 Å². The highest BCUT2D eigenvalue weighted by atomic mass is 19.4. The van der Waals surface area contributed by atoms with Gasteiger partial charge < -0.3 is 4.74 Å². The van der Waals surface area contributed by atoms with E-state index in [1.807, 2.05) is 0 Å². The molecule has 0 fully saturated rings. The van der Waals surface area contributed by atoms with Crippen molar-refractivity contribution < 1.29 is 22.7 Å². The van der Waals surface area contributed by atoms with E-state index in [9.17, 15) is 18.0 Å². The number of fused-ring (bicyclic) bond motifs is 1. The van der Waals surface area contributed by atoms with Crippen molar-refractivity contribution >= 4 is 11.6 Å². The third-order valence-electron chi connectivity index (χ3n) is 3.63. The number of rotatable bonds is 3. The third-order valence-corrected chi connectivity index (χ3v) is 3.63. The van der Waals surface area contributed by atoms with Crippen molar-refractivity contribution in [2.24, 2.45) is 0 Å². The van der Waals surface area contributed by atoms with Gasteiger partial charge in [-0.15, -0.1) is 0 Å². The van der Waals surface area contributed by atoms with Crippen LogP contribution in [-0.2, 0) is 10.9 Å². The number of ether oxygens (including phenoxy) is 1. The Morgan fingerprint density at radius 2 is 1.96 bits per heavy atom. The number of esters is 1. The van der Waals surface area contributed by atoms with E-state index in [1.165, 1.54) is 18.3 Å². The number of aryl methyl sites for hydroxylation is 1. The van der Waals surface area contributed by atoms with E-state index in [1.54, 1.807) is 18.4 Å². The highest BCUT2D eigenvalue weighted by molar-refractivity contribution is 5.88. The van der Waals surface area contributed by atoms with E-state index in [0.29, 0.717) is 16.9 Å². The number of benzene rings is 1. The second kappa shape index (κ2) is 5.70. The molecule has 0 spiro atoms. The molecule has 5 nitrogen and oxygen atoms in total. The molecule has 8 heteroatoms. The van der Waals surface area contributed by atoms with E-state index in [-0.39, 0.29) is 12.3 Å². The van der Waals surface area contributed by atoms with Gasteiger partial charge in [0.25, 0.3) is 0 Å². The Labute approximate surface area is 135 Å². The number of H-pyrrole nitrogens is 1. The molecule has 0 radical (unpaired) electrons. The van der Waals surface area contributed by atoms with Crippen molar-refractivity contribution in [1.29, 1.82) is 0 Å². The van der Waals surface area contributed by atoms with Crippen molar-refractivity contribution in [2.45, 2.75) is 20.0 Å². The highest BCUT2D eigenvalue weighted by Gasteiger charge is 2.30. The summed E-state index contributed by atoms with van der Waals surface area (Å²) in [5.41, 5.74) is 1.96. The third kappa shape index (κ3) is 2.75. The summed E-state index contributed by atoms with van der Waals surface area (Å²) >= 11 is 0. The Bertz CT molecular complexity index is 892. The largest absolute Gasteiger partial charge is 0.461 e. The molecular weight excluding hydrogens is 323 g/mol. The lowest BCUT2D eigenvalue weighted by Gasteiger charge is -2.07. The van der Waals surface area contributed by atoms with Crippen LogP contribution in [0.2, 0.25) is 0 Å². The topological polar surface area (TPSA) is 59.4 Å². The van der Waals surface area contributed by atoms with E-state index in [0.717, 1.165) is 17.7 Å². The zero-order valence-corrected chi connectivity index (χ0v) is 12.9. The Kier molecular flexibility index (Phi) is 3.82. The molecule has 1 aromatic carbocycles. The molecule has 0 aliphatic carbocycles. The van der Waals surface area contributed by atoms with Crippen LogP contribution in [0.25, 0.3) is 16.9 Å². The van der Waals surface area contributed by atoms with Crippen molar-refractivity contribution in [3.8, 4) is 11.3 Å². The monoisotopic (exact) mass is 337 g/mol. The van der Waals surface area contributed by atoms with Crippen LogP contribution in [0, 0.1) is 6.92 Å². The van der Waals surface area contributed by atoms with Crippen molar-refractivity contribution in [3.05, 3.63) is 47.3 Å². The van der Waals surface area contributed by atoms with Crippen LogP contribution in [0.5, 0.6) is 0 Å². The number of nitrogens with zero attached hydrogens (tertiary/aromatic N) is 2. The molecule has 3 aromatic rings. The van der Waals surface area contributed by atoms with Crippen LogP contribution >= 0.6 is 0 Å². The first-order chi connectivity index (χ1) is 11.3. The number of aromatic nitrogens is 3. The predicted molar refractivity (Wildman–Crippen MR) is 80.7 cm³/mol. The summed E-state index contributed by atoms with van der Waals surface area (Å²) in [7, 11) is 0. The Hall–Kier alpha value is -2.77. The van der Waals surface area contributed by atoms with Crippen molar-refractivity contribution in [1.82, 2.24) is 14.6 Å². The standard InChI is InChI=1S/C16H14F3N3O2/c1-3-24-15(23)12-8-22-14(20-12)9(2)13(21-22)10-4-6-11(7-5-10)16(17,18)19/h4-8,21H,3H2,1-2H3. The van der Waals surface area contributed by atoms with Crippen LogP contribution in [0.1, 0.15) is 28.5 Å². The predicted octanol–water partition coefficient (Wildman–Crippen LogP) is 3.83. The average Bonchev–Trinajstić information content (AvgIpc) is 3.07. The summed E-state index contributed by atoms with van der Waals surface area (Å²) in [5, 5.41) is 3.02. The summed E-state index contributed by atoms with van der Waals surface area (Å²) in [4.78, 5) is 15.9. The van der Waals surface area contributed by atoms with Gasteiger partial charge in [-0.05, 0) is 31.5 Å². The molecule has 1 N–H and O–H groups in total. The molecule has 24 heavy (non-hydrogen) atoms. The molecule has 2 aromatic heterocycles. The van der Waals surface area contributed by atoms with Gasteiger partial charge in [-0.3, -0.25) is 5.10 Å². The van der Waals surface area contributed by atoms with Gasteiger partial charge in [0.1, 0.15) is 0 Å². The molecule has 126 valence electrons. The van der Waals surface area contributed by atoms with Crippen LogP contribution < -0.4 is 0 Å². The lowest BCUT2D eigenvalue weighted by Crippen LogP contribution is -2.05. The summed E-state index contributed by atoms with van der Waals surface area (Å²) in [6, 6.07) is 4.85. The Morgan fingerprint density at radius 3 is 2.50 bits per heavy atom. The van der Waals surface area contributed by atoms with Gasteiger partial charge >= 0.3 is 12.1 Å². The normalized spacial score (nSPS) is 11.9. The molecule has 0 unspecified atom stereocenters. The maximum absolute atomic E-state index is 12.6. The maximum Gasteiger partial charge on any atom is 0.416 e. The minimum atomic E-state index is -4.37. The van der Waals surface area contributed by atoms with Crippen LogP contribution in [-0.4, -0.2) is 27.2 Å². The maximum atomic E-state index is 12.6. The molecule has 0 aliphatic heterocycles. The number of nitrogens with one attached hydrogen (secondary N) is 1. The van der Waals surface area contributed by atoms with Gasteiger partial charge in [-0.1, -0.05) is 12.1 Å².